The first-order chi connectivity index (χ1) is 28.2. The molecule has 0 bridgehead atoms. The fourth-order valence-corrected chi connectivity index (χ4v) is 10.8. The van der Waals surface area contributed by atoms with Crippen molar-refractivity contribution in [3.05, 3.63) is 176 Å². The molecule has 12 rings (SSSR count). The fourth-order valence-electron chi connectivity index (χ4n) is 8.35. The van der Waals surface area contributed by atoms with Gasteiger partial charge in [-0.2, -0.15) is 0 Å². The minimum atomic E-state index is 0.608. The number of furan rings is 1. The molecule has 0 aliphatic carbocycles. The fraction of sp³-hybridized carbons (Fsp3) is 0. The zero-order valence-electron chi connectivity index (χ0n) is 30.3. The van der Waals surface area contributed by atoms with Gasteiger partial charge in [-0.1, -0.05) is 146 Å². The van der Waals surface area contributed by atoms with E-state index in [0.29, 0.717) is 17.5 Å². The molecule has 0 spiro atoms. The van der Waals surface area contributed by atoms with Crippen molar-refractivity contribution in [2.75, 3.05) is 0 Å². The second-order valence-electron chi connectivity index (χ2n) is 14.3. The third-order valence-corrected chi connectivity index (χ3v) is 13.4. The number of nitrogens with zero attached hydrogens (tertiary/aromatic N) is 3. The molecule has 57 heavy (non-hydrogen) atoms. The number of fused-ring (bicyclic) bond motifs is 9. The van der Waals surface area contributed by atoms with Crippen LogP contribution < -0.4 is 0 Å². The summed E-state index contributed by atoms with van der Waals surface area (Å²) in [6.45, 7) is 0. The summed E-state index contributed by atoms with van der Waals surface area (Å²) in [4.78, 5) is 15.0. The highest BCUT2D eigenvalue weighted by molar-refractivity contribution is 7.27. The predicted molar refractivity (Wildman–Crippen MR) is 240 cm³/mol. The molecule has 0 fully saturated rings. The molecule has 0 unspecified atom stereocenters. The van der Waals surface area contributed by atoms with Crippen molar-refractivity contribution in [1.29, 1.82) is 0 Å². The molecule has 0 saturated carbocycles. The zero-order chi connectivity index (χ0) is 37.5. The van der Waals surface area contributed by atoms with Crippen LogP contribution in [0.1, 0.15) is 0 Å². The molecule has 4 aromatic heterocycles. The van der Waals surface area contributed by atoms with Crippen LogP contribution in [-0.2, 0) is 0 Å². The van der Waals surface area contributed by atoms with E-state index in [1.807, 2.05) is 95.5 Å². The normalized spacial score (nSPS) is 11.9. The molecule has 12 aromatic rings. The highest BCUT2D eigenvalue weighted by Gasteiger charge is 2.21. The summed E-state index contributed by atoms with van der Waals surface area (Å²) >= 11 is 3.74. The van der Waals surface area contributed by atoms with Crippen LogP contribution in [-0.4, -0.2) is 15.0 Å². The van der Waals surface area contributed by atoms with Crippen LogP contribution in [0.2, 0.25) is 0 Å². The molecule has 266 valence electrons. The largest absolute Gasteiger partial charge is 0.456 e. The molecule has 0 aliphatic rings. The van der Waals surface area contributed by atoms with Gasteiger partial charge in [-0.15, -0.1) is 22.7 Å². The Kier molecular flexibility index (Phi) is 7.24. The first kappa shape index (κ1) is 32.3. The predicted octanol–water partition coefficient (Wildman–Crippen LogP) is 14.8. The molecule has 0 radical (unpaired) electrons. The summed E-state index contributed by atoms with van der Waals surface area (Å²) < 4.78 is 11.9. The van der Waals surface area contributed by atoms with Gasteiger partial charge >= 0.3 is 0 Å². The summed E-state index contributed by atoms with van der Waals surface area (Å²) in [5.41, 5.74) is 9.24. The van der Waals surface area contributed by atoms with Crippen LogP contribution in [0.3, 0.4) is 0 Å². The Hall–Kier alpha value is -6.99. The van der Waals surface area contributed by atoms with Gasteiger partial charge in [0.05, 0.1) is 0 Å². The van der Waals surface area contributed by atoms with Crippen LogP contribution in [0.15, 0.2) is 180 Å². The molecular formula is C51H29N3OS2. The van der Waals surface area contributed by atoms with Gasteiger partial charge in [-0.05, 0) is 47.0 Å². The van der Waals surface area contributed by atoms with E-state index in [-0.39, 0.29) is 0 Å². The maximum Gasteiger partial charge on any atom is 0.164 e. The van der Waals surface area contributed by atoms with Gasteiger partial charge in [0.25, 0.3) is 0 Å². The smallest absolute Gasteiger partial charge is 0.164 e. The van der Waals surface area contributed by atoms with Crippen molar-refractivity contribution in [3.8, 4) is 56.4 Å². The summed E-state index contributed by atoms with van der Waals surface area (Å²) in [5.74, 6) is 1.87. The van der Waals surface area contributed by atoms with Gasteiger partial charge in [-0.3, -0.25) is 0 Å². The van der Waals surface area contributed by atoms with Crippen molar-refractivity contribution in [2.45, 2.75) is 0 Å². The van der Waals surface area contributed by atoms with E-state index in [4.69, 9.17) is 19.4 Å². The molecule has 0 atom stereocenters. The highest BCUT2D eigenvalue weighted by Crippen LogP contribution is 2.48. The van der Waals surface area contributed by atoms with Crippen LogP contribution in [0.4, 0.5) is 0 Å². The quantitative estimate of drug-likeness (QED) is 0.175. The lowest BCUT2D eigenvalue weighted by molar-refractivity contribution is 0.669. The lowest BCUT2D eigenvalue weighted by atomic mass is 9.93. The molecule has 8 aromatic carbocycles. The second-order valence-corrected chi connectivity index (χ2v) is 16.4. The Morgan fingerprint density at radius 1 is 0.333 bits per heavy atom. The van der Waals surface area contributed by atoms with Crippen LogP contribution in [0.25, 0.3) is 119 Å². The zero-order valence-corrected chi connectivity index (χ0v) is 31.9. The van der Waals surface area contributed by atoms with E-state index in [1.165, 1.54) is 57.0 Å². The van der Waals surface area contributed by atoms with E-state index in [0.717, 1.165) is 44.2 Å². The number of aromatic nitrogens is 3. The number of rotatable bonds is 5. The Morgan fingerprint density at radius 2 is 0.930 bits per heavy atom. The average Bonchev–Trinajstić information content (AvgIpc) is 3.98. The second kappa shape index (κ2) is 12.8. The van der Waals surface area contributed by atoms with Crippen molar-refractivity contribution in [2.24, 2.45) is 0 Å². The SMILES string of the molecule is c1ccc(-c2nc(-c3ccccc3)nc(-c3cccc4oc5cc(-c6ccc(-c7cccc8c7sc7ccccc78)c7c6sc6ccccc67)ccc5c34)n2)cc1. The molecule has 0 N–H and O–H groups in total. The van der Waals surface area contributed by atoms with E-state index in [2.05, 4.69) is 103 Å². The Labute approximate surface area is 335 Å². The maximum atomic E-state index is 6.68. The van der Waals surface area contributed by atoms with Crippen LogP contribution in [0, 0.1) is 0 Å². The monoisotopic (exact) mass is 763 g/mol. The Balaban J connectivity index is 1.04. The Bertz CT molecular complexity index is 3470. The highest BCUT2D eigenvalue weighted by atomic mass is 32.1. The lowest BCUT2D eigenvalue weighted by Gasteiger charge is -2.11. The molecule has 0 amide bonds. The lowest BCUT2D eigenvalue weighted by Crippen LogP contribution is -2.00. The van der Waals surface area contributed by atoms with Gasteiger partial charge in [0.2, 0.25) is 0 Å². The third-order valence-electron chi connectivity index (χ3n) is 11.0. The number of hydrogen-bond donors (Lipinski definition) is 0. The van der Waals surface area contributed by atoms with E-state index < -0.39 is 0 Å². The minimum absolute atomic E-state index is 0.608. The number of thiophene rings is 2. The first-order valence-corrected chi connectivity index (χ1v) is 20.6. The summed E-state index contributed by atoms with van der Waals surface area (Å²) in [6.07, 6.45) is 0. The molecule has 0 aliphatic heterocycles. The van der Waals surface area contributed by atoms with Crippen molar-refractivity contribution in [1.82, 2.24) is 15.0 Å². The van der Waals surface area contributed by atoms with Crippen LogP contribution >= 0.6 is 22.7 Å². The van der Waals surface area contributed by atoms with Crippen molar-refractivity contribution in [3.63, 3.8) is 0 Å². The number of benzene rings is 8. The molecule has 4 heterocycles. The Morgan fingerprint density at radius 3 is 1.70 bits per heavy atom. The standard InChI is InChI=1S/C51H29N3OS2/c1-3-13-30(14-4-1)49-52-50(31-15-5-2-6-16-31)54-51(53-49)40-21-12-22-41-45(40)38-26-25-32(29-42(38)55-41)33-27-28-35(46-39-18-8-10-24-44(39)57-48(33)46)37-20-11-19-36-34-17-7-9-23-43(34)56-47(36)37/h1-29H. The topological polar surface area (TPSA) is 51.8 Å². The maximum absolute atomic E-state index is 6.68. The summed E-state index contributed by atoms with van der Waals surface area (Å²) in [6, 6.07) is 61.9. The summed E-state index contributed by atoms with van der Waals surface area (Å²) in [7, 11) is 0. The van der Waals surface area contributed by atoms with Gasteiger partial charge in [-0.25, -0.2) is 15.0 Å². The van der Waals surface area contributed by atoms with Crippen LogP contribution in [0.5, 0.6) is 0 Å². The molecule has 6 heteroatoms. The van der Waals surface area contributed by atoms with Gasteiger partial charge < -0.3 is 4.42 Å². The summed E-state index contributed by atoms with van der Waals surface area (Å²) in [5, 5.41) is 7.21. The molecule has 0 saturated heterocycles. The average molecular weight is 764 g/mol. The number of hydrogen-bond acceptors (Lipinski definition) is 6. The van der Waals surface area contributed by atoms with Gasteiger partial charge in [0.1, 0.15) is 11.2 Å². The van der Waals surface area contributed by atoms with E-state index in [9.17, 15) is 0 Å². The van der Waals surface area contributed by atoms with Crippen molar-refractivity contribution >= 4 is 85.0 Å². The third kappa shape index (κ3) is 5.15. The van der Waals surface area contributed by atoms with E-state index in [1.54, 1.807) is 0 Å². The van der Waals surface area contributed by atoms with Gasteiger partial charge in [0.15, 0.2) is 17.5 Å². The van der Waals surface area contributed by atoms with Crippen molar-refractivity contribution < 1.29 is 4.42 Å². The first-order valence-electron chi connectivity index (χ1n) is 18.9. The molecule has 4 nitrogen and oxygen atoms in total. The van der Waals surface area contributed by atoms with Gasteiger partial charge in [0, 0.05) is 73.4 Å². The van der Waals surface area contributed by atoms with E-state index >= 15 is 0 Å². The minimum Gasteiger partial charge on any atom is -0.456 e. The molecular weight excluding hydrogens is 735 g/mol.